The standard InChI is InChI=1S/C15H13ClN2OS/c1-9-3-4-10(16)7-13(9)18-14-8-11(19-2)5-6-12(14)17-15(18)20/h3-8H,1-2H3,(H,17,20). The van der Waals surface area contributed by atoms with E-state index in [9.17, 15) is 0 Å². The van der Waals surface area contributed by atoms with Crippen molar-refractivity contribution in [1.29, 1.82) is 0 Å². The molecule has 0 aliphatic heterocycles. The molecule has 3 nitrogen and oxygen atoms in total. The molecule has 0 unspecified atom stereocenters. The third-order valence-electron chi connectivity index (χ3n) is 3.30. The van der Waals surface area contributed by atoms with E-state index in [1.165, 1.54) is 0 Å². The fourth-order valence-electron chi connectivity index (χ4n) is 2.27. The molecule has 0 atom stereocenters. The van der Waals surface area contributed by atoms with Gasteiger partial charge in [-0.1, -0.05) is 17.7 Å². The van der Waals surface area contributed by atoms with Crippen molar-refractivity contribution in [1.82, 2.24) is 9.55 Å². The largest absolute Gasteiger partial charge is 0.497 e. The van der Waals surface area contributed by atoms with Gasteiger partial charge in [-0.3, -0.25) is 4.57 Å². The van der Waals surface area contributed by atoms with Crippen LogP contribution in [0.3, 0.4) is 0 Å². The van der Waals surface area contributed by atoms with E-state index in [0.717, 1.165) is 28.0 Å². The Balaban J connectivity index is 2.37. The molecule has 3 aromatic rings. The van der Waals surface area contributed by atoms with Crippen molar-refractivity contribution in [3.8, 4) is 11.4 Å². The fraction of sp³-hybridized carbons (Fsp3) is 0.133. The maximum atomic E-state index is 6.11. The molecule has 1 heterocycles. The zero-order valence-electron chi connectivity index (χ0n) is 11.1. The lowest BCUT2D eigenvalue weighted by Crippen LogP contribution is -1.97. The van der Waals surface area contributed by atoms with Gasteiger partial charge < -0.3 is 9.72 Å². The highest BCUT2D eigenvalue weighted by atomic mass is 35.5. The first-order valence-electron chi connectivity index (χ1n) is 6.15. The molecular formula is C15H13ClN2OS. The number of ether oxygens (including phenoxy) is 1. The molecule has 0 aliphatic rings. The van der Waals surface area contributed by atoms with Crippen LogP contribution in [0.1, 0.15) is 5.56 Å². The molecule has 102 valence electrons. The highest BCUT2D eigenvalue weighted by Gasteiger charge is 2.10. The van der Waals surface area contributed by atoms with Crippen molar-refractivity contribution in [3.05, 3.63) is 51.8 Å². The van der Waals surface area contributed by atoms with Gasteiger partial charge in [0.05, 0.1) is 23.8 Å². The smallest absolute Gasteiger partial charge is 0.182 e. The first-order chi connectivity index (χ1) is 9.60. The van der Waals surface area contributed by atoms with E-state index in [1.54, 1.807) is 7.11 Å². The van der Waals surface area contributed by atoms with Gasteiger partial charge in [-0.25, -0.2) is 0 Å². The first kappa shape index (κ1) is 13.2. The summed E-state index contributed by atoms with van der Waals surface area (Å²) in [6.07, 6.45) is 0. The van der Waals surface area contributed by atoms with Crippen molar-refractivity contribution in [3.63, 3.8) is 0 Å². The SMILES string of the molecule is COc1ccc2[nH]c(=S)n(-c3cc(Cl)ccc3C)c2c1. The van der Waals surface area contributed by atoms with Gasteiger partial charge in [0.15, 0.2) is 4.77 Å². The van der Waals surface area contributed by atoms with Crippen molar-refractivity contribution in [2.24, 2.45) is 0 Å². The second-order valence-electron chi connectivity index (χ2n) is 4.58. The van der Waals surface area contributed by atoms with E-state index in [2.05, 4.69) is 4.98 Å². The summed E-state index contributed by atoms with van der Waals surface area (Å²) in [5.74, 6) is 0.792. The summed E-state index contributed by atoms with van der Waals surface area (Å²) in [5.41, 5.74) is 4.02. The van der Waals surface area contributed by atoms with Crippen LogP contribution in [-0.2, 0) is 0 Å². The van der Waals surface area contributed by atoms with Gasteiger partial charge >= 0.3 is 0 Å². The number of nitrogens with one attached hydrogen (secondary N) is 1. The number of rotatable bonds is 2. The molecule has 0 saturated heterocycles. The molecule has 0 aliphatic carbocycles. The predicted octanol–water partition coefficient (Wildman–Crippen LogP) is 4.66. The van der Waals surface area contributed by atoms with E-state index < -0.39 is 0 Å². The molecule has 0 spiro atoms. The Hall–Kier alpha value is -1.78. The number of methoxy groups -OCH3 is 1. The van der Waals surface area contributed by atoms with Gasteiger partial charge in [0.1, 0.15) is 5.75 Å². The minimum atomic E-state index is 0.638. The molecule has 0 amide bonds. The van der Waals surface area contributed by atoms with Crippen LogP contribution in [0.25, 0.3) is 16.7 Å². The Kier molecular flexibility index (Phi) is 3.28. The van der Waals surface area contributed by atoms with Gasteiger partial charge in [-0.2, -0.15) is 0 Å². The summed E-state index contributed by atoms with van der Waals surface area (Å²) in [6, 6.07) is 11.6. The molecule has 1 aromatic heterocycles. The van der Waals surface area contributed by atoms with E-state index in [-0.39, 0.29) is 0 Å². The second kappa shape index (κ2) is 4.96. The highest BCUT2D eigenvalue weighted by molar-refractivity contribution is 7.71. The van der Waals surface area contributed by atoms with Crippen LogP contribution in [0, 0.1) is 11.7 Å². The normalized spacial score (nSPS) is 10.9. The molecule has 5 heteroatoms. The number of aromatic nitrogens is 2. The zero-order chi connectivity index (χ0) is 14.3. The summed E-state index contributed by atoms with van der Waals surface area (Å²) in [4.78, 5) is 3.20. The van der Waals surface area contributed by atoms with E-state index in [1.807, 2.05) is 47.9 Å². The lowest BCUT2D eigenvalue weighted by Gasteiger charge is -2.09. The second-order valence-corrected chi connectivity index (χ2v) is 5.40. The van der Waals surface area contributed by atoms with Gasteiger partial charge in [-0.15, -0.1) is 0 Å². The lowest BCUT2D eigenvalue weighted by atomic mass is 10.2. The summed E-state index contributed by atoms with van der Waals surface area (Å²) >= 11 is 11.6. The minimum Gasteiger partial charge on any atom is -0.497 e. The maximum Gasteiger partial charge on any atom is 0.182 e. The van der Waals surface area contributed by atoms with Crippen LogP contribution in [0.4, 0.5) is 0 Å². The number of aromatic amines is 1. The molecule has 0 radical (unpaired) electrons. The number of aryl methyl sites for hydroxylation is 1. The van der Waals surface area contributed by atoms with Crippen LogP contribution in [0.2, 0.25) is 5.02 Å². The average molecular weight is 305 g/mol. The molecule has 0 saturated carbocycles. The van der Waals surface area contributed by atoms with Crippen LogP contribution in [0.5, 0.6) is 5.75 Å². The van der Waals surface area contributed by atoms with Crippen molar-refractivity contribution < 1.29 is 4.74 Å². The van der Waals surface area contributed by atoms with Gasteiger partial charge in [-0.05, 0) is 49.0 Å². The third kappa shape index (κ3) is 2.11. The van der Waals surface area contributed by atoms with Crippen molar-refractivity contribution >= 4 is 34.9 Å². The number of fused-ring (bicyclic) bond motifs is 1. The Morgan fingerprint density at radius 1 is 1.20 bits per heavy atom. The monoisotopic (exact) mass is 304 g/mol. The Labute approximate surface area is 126 Å². The number of benzene rings is 2. The molecule has 0 fully saturated rings. The lowest BCUT2D eigenvalue weighted by molar-refractivity contribution is 0.415. The Morgan fingerprint density at radius 3 is 2.75 bits per heavy atom. The summed E-state index contributed by atoms with van der Waals surface area (Å²) in [6.45, 7) is 2.03. The van der Waals surface area contributed by atoms with Crippen LogP contribution >= 0.6 is 23.8 Å². The maximum absolute atomic E-state index is 6.11. The van der Waals surface area contributed by atoms with Gasteiger partial charge in [0, 0.05) is 11.1 Å². The molecule has 20 heavy (non-hydrogen) atoms. The highest BCUT2D eigenvalue weighted by Crippen LogP contribution is 2.27. The number of hydrogen-bond donors (Lipinski definition) is 1. The van der Waals surface area contributed by atoms with Crippen molar-refractivity contribution in [2.75, 3.05) is 7.11 Å². The van der Waals surface area contributed by atoms with E-state index in [0.29, 0.717) is 9.79 Å². The topological polar surface area (TPSA) is 29.9 Å². The van der Waals surface area contributed by atoms with E-state index >= 15 is 0 Å². The molecule has 3 rings (SSSR count). The predicted molar refractivity (Wildman–Crippen MR) is 84.8 cm³/mol. The third-order valence-corrected chi connectivity index (χ3v) is 3.82. The average Bonchev–Trinajstić information content (AvgIpc) is 2.76. The number of hydrogen-bond acceptors (Lipinski definition) is 2. The summed E-state index contributed by atoms with van der Waals surface area (Å²) in [7, 11) is 1.65. The number of imidazole rings is 1. The number of nitrogens with zero attached hydrogens (tertiary/aromatic N) is 1. The van der Waals surface area contributed by atoms with Gasteiger partial charge in [0.2, 0.25) is 0 Å². The van der Waals surface area contributed by atoms with Crippen LogP contribution in [0.15, 0.2) is 36.4 Å². The zero-order valence-corrected chi connectivity index (χ0v) is 12.7. The minimum absolute atomic E-state index is 0.638. The molecule has 1 N–H and O–H groups in total. The van der Waals surface area contributed by atoms with E-state index in [4.69, 9.17) is 28.6 Å². The first-order valence-corrected chi connectivity index (χ1v) is 6.94. The fourth-order valence-corrected chi connectivity index (χ4v) is 2.75. The molecule has 2 aromatic carbocycles. The Bertz CT molecular complexity index is 851. The van der Waals surface area contributed by atoms with Crippen molar-refractivity contribution in [2.45, 2.75) is 6.92 Å². The molecular weight excluding hydrogens is 292 g/mol. The van der Waals surface area contributed by atoms with Crippen LogP contribution in [-0.4, -0.2) is 16.7 Å². The summed E-state index contributed by atoms with van der Waals surface area (Å²) < 4.78 is 7.91. The van der Waals surface area contributed by atoms with Gasteiger partial charge in [0.25, 0.3) is 0 Å². The Morgan fingerprint density at radius 2 is 2.00 bits per heavy atom. The number of H-pyrrole nitrogens is 1. The summed E-state index contributed by atoms with van der Waals surface area (Å²) in [5, 5.41) is 0.685. The number of halogens is 1. The van der Waals surface area contributed by atoms with Crippen LogP contribution < -0.4 is 4.74 Å². The quantitative estimate of drug-likeness (QED) is 0.698. The molecule has 0 bridgehead atoms.